The van der Waals surface area contributed by atoms with Gasteiger partial charge in [0.2, 0.25) is 5.91 Å². The van der Waals surface area contributed by atoms with Gasteiger partial charge >= 0.3 is 6.61 Å². The Balaban J connectivity index is 2.11. The minimum absolute atomic E-state index is 0.0540. The van der Waals surface area contributed by atoms with E-state index >= 15 is 0 Å². The highest BCUT2D eigenvalue weighted by atomic mass is 19.3. The van der Waals surface area contributed by atoms with Gasteiger partial charge in [0.15, 0.2) is 11.5 Å². The molecule has 0 atom stereocenters. The Hall–Kier alpha value is -2.96. The number of hydrogen-bond donors (Lipinski definition) is 0. The topological polar surface area (TPSA) is 38.8 Å². The molecule has 0 spiro atoms. The maximum Gasteiger partial charge on any atom is 0.387 e. The molecule has 0 saturated carbocycles. The van der Waals surface area contributed by atoms with Crippen molar-refractivity contribution in [2.75, 3.05) is 13.7 Å². The molecule has 0 aliphatic rings. The van der Waals surface area contributed by atoms with Crippen molar-refractivity contribution in [3.05, 3.63) is 65.5 Å². The SMILES string of the molecule is CCOc1cc(CN(C)C(=O)/C=C(\C)c2ccc(F)cc2)ccc1OC(F)F. The zero-order valence-electron chi connectivity index (χ0n) is 15.9. The summed E-state index contributed by atoms with van der Waals surface area (Å²) in [6.45, 7) is 1.09. The normalized spacial score (nSPS) is 11.5. The number of carbonyl (C=O) groups excluding carboxylic acids is 1. The highest BCUT2D eigenvalue weighted by molar-refractivity contribution is 5.94. The second-order valence-corrected chi connectivity index (χ2v) is 6.12. The summed E-state index contributed by atoms with van der Waals surface area (Å²) < 4.78 is 47.8. The van der Waals surface area contributed by atoms with Gasteiger partial charge in [0, 0.05) is 19.7 Å². The van der Waals surface area contributed by atoms with E-state index in [0.29, 0.717) is 11.1 Å². The van der Waals surface area contributed by atoms with E-state index in [-0.39, 0.29) is 36.4 Å². The lowest BCUT2D eigenvalue weighted by atomic mass is 10.1. The summed E-state index contributed by atoms with van der Waals surface area (Å²) >= 11 is 0. The Bertz CT molecular complexity index is 835. The number of halogens is 3. The van der Waals surface area contributed by atoms with Gasteiger partial charge in [-0.3, -0.25) is 4.79 Å². The predicted octanol–water partition coefficient (Wildman–Crippen LogP) is 4.89. The smallest absolute Gasteiger partial charge is 0.387 e. The molecule has 0 aliphatic carbocycles. The summed E-state index contributed by atoms with van der Waals surface area (Å²) in [5.41, 5.74) is 2.15. The fourth-order valence-corrected chi connectivity index (χ4v) is 2.56. The Morgan fingerprint density at radius 2 is 1.82 bits per heavy atom. The molecule has 1 amide bonds. The molecule has 2 rings (SSSR count). The fraction of sp³-hybridized carbons (Fsp3) is 0.286. The maximum absolute atomic E-state index is 13.0. The van der Waals surface area contributed by atoms with E-state index in [1.165, 1.54) is 29.2 Å². The number of carbonyl (C=O) groups is 1. The third-order valence-corrected chi connectivity index (χ3v) is 3.96. The van der Waals surface area contributed by atoms with Crippen LogP contribution in [0.25, 0.3) is 5.57 Å². The van der Waals surface area contributed by atoms with Gasteiger partial charge in [0.05, 0.1) is 6.61 Å². The third kappa shape index (κ3) is 6.04. The van der Waals surface area contributed by atoms with E-state index < -0.39 is 6.61 Å². The average Bonchev–Trinajstić information content (AvgIpc) is 2.64. The molecule has 0 heterocycles. The summed E-state index contributed by atoms with van der Waals surface area (Å²) in [6.07, 6.45) is 1.46. The first-order valence-electron chi connectivity index (χ1n) is 8.70. The molecule has 2 aromatic rings. The standard InChI is InChI=1S/C21H22F3NO3/c1-4-27-19-12-15(5-10-18(19)28-21(23)24)13-25(3)20(26)11-14(2)16-6-8-17(22)9-7-16/h5-12,21H,4,13H2,1-3H3/b14-11+. The van der Waals surface area contributed by atoms with Crippen molar-refractivity contribution >= 4 is 11.5 Å². The van der Waals surface area contributed by atoms with Crippen LogP contribution in [-0.2, 0) is 11.3 Å². The first-order valence-corrected chi connectivity index (χ1v) is 8.70. The molecule has 0 aliphatic heterocycles. The monoisotopic (exact) mass is 393 g/mol. The number of nitrogens with zero attached hydrogens (tertiary/aromatic N) is 1. The van der Waals surface area contributed by atoms with Crippen LogP contribution in [0.1, 0.15) is 25.0 Å². The average molecular weight is 393 g/mol. The molecule has 7 heteroatoms. The number of allylic oxidation sites excluding steroid dienone is 1. The van der Waals surface area contributed by atoms with Crippen molar-refractivity contribution in [1.82, 2.24) is 4.90 Å². The fourth-order valence-electron chi connectivity index (χ4n) is 2.56. The van der Waals surface area contributed by atoms with E-state index in [4.69, 9.17) is 4.74 Å². The van der Waals surface area contributed by atoms with Gasteiger partial charge in [-0.15, -0.1) is 0 Å². The molecule has 4 nitrogen and oxygen atoms in total. The van der Waals surface area contributed by atoms with Crippen LogP contribution in [0.4, 0.5) is 13.2 Å². The zero-order valence-corrected chi connectivity index (χ0v) is 15.9. The number of rotatable bonds is 8. The van der Waals surface area contributed by atoms with Gasteiger partial charge in [-0.05, 0) is 54.8 Å². The predicted molar refractivity (Wildman–Crippen MR) is 101 cm³/mol. The van der Waals surface area contributed by atoms with Crippen molar-refractivity contribution in [2.24, 2.45) is 0 Å². The van der Waals surface area contributed by atoms with Crippen LogP contribution in [0.15, 0.2) is 48.5 Å². The summed E-state index contributed by atoms with van der Waals surface area (Å²) in [6, 6.07) is 10.4. The quantitative estimate of drug-likeness (QED) is 0.600. The maximum atomic E-state index is 13.0. The van der Waals surface area contributed by atoms with Gasteiger partial charge in [-0.2, -0.15) is 8.78 Å². The minimum Gasteiger partial charge on any atom is -0.490 e. The van der Waals surface area contributed by atoms with Gasteiger partial charge < -0.3 is 14.4 Å². The van der Waals surface area contributed by atoms with E-state index in [2.05, 4.69) is 4.74 Å². The summed E-state index contributed by atoms with van der Waals surface area (Å²) in [5, 5.41) is 0. The first kappa shape index (κ1) is 21.3. The molecule has 0 aromatic heterocycles. The van der Waals surface area contributed by atoms with Crippen LogP contribution in [0.5, 0.6) is 11.5 Å². The third-order valence-electron chi connectivity index (χ3n) is 3.96. The van der Waals surface area contributed by atoms with Crippen molar-refractivity contribution in [3.8, 4) is 11.5 Å². The molecular weight excluding hydrogens is 371 g/mol. The molecule has 0 saturated heterocycles. The Kier molecular flexibility index (Phi) is 7.49. The van der Waals surface area contributed by atoms with Crippen LogP contribution in [0.2, 0.25) is 0 Å². The van der Waals surface area contributed by atoms with Crippen LogP contribution < -0.4 is 9.47 Å². The molecule has 0 fully saturated rings. The second kappa shape index (κ2) is 9.82. The largest absolute Gasteiger partial charge is 0.490 e. The number of likely N-dealkylation sites (N-methyl/N-ethyl adjacent to an activating group) is 1. The number of benzene rings is 2. The lowest BCUT2D eigenvalue weighted by molar-refractivity contribution is -0.125. The molecule has 28 heavy (non-hydrogen) atoms. The molecule has 0 unspecified atom stereocenters. The minimum atomic E-state index is -2.95. The Labute approximate surface area is 162 Å². The molecule has 0 radical (unpaired) electrons. The van der Waals surface area contributed by atoms with E-state index in [9.17, 15) is 18.0 Å². The first-order chi connectivity index (χ1) is 13.3. The van der Waals surface area contributed by atoms with E-state index in [1.807, 2.05) is 0 Å². The van der Waals surface area contributed by atoms with Gasteiger partial charge in [0.1, 0.15) is 5.82 Å². The van der Waals surface area contributed by atoms with Crippen molar-refractivity contribution < 1.29 is 27.4 Å². The van der Waals surface area contributed by atoms with Crippen molar-refractivity contribution in [3.63, 3.8) is 0 Å². The lowest BCUT2D eigenvalue weighted by Gasteiger charge is -2.18. The van der Waals surface area contributed by atoms with E-state index in [0.717, 1.165) is 5.56 Å². The number of hydrogen-bond acceptors (Lipinski definition) is 3. The van der Waals surface area contributed by atoms with Crippen molar-refractivity contribution in [2.45, 2.75) is 27.0 Å². The van der Waals surface area contributed by atoms with Gasteiger partial charge in [-0.1, -0.05) is 18.2 Å². The molecule has 0 bridgehead atoms. The van der Waals surface area contributed by atoms with E-state index in [1.54, 1.807) is 45.2 Å². The van der Waals surface area contributed by atoms with Crippen LogP contribution in [0.3, 0.4) is 0 Å². The number of amides is 1. The van der Waals surface area contributed by atoms with Crippen LogP contribution in [-0.4, -0.2) is 31.1 Å². The highest BCUT2D eigenvalue weighted by Gasteiger charge is 2.14. The molecule has 150 valence electrons. The summed E-state index contributed by atoms with van der Waals surface area (Å²) in [5.74, 6) is -0.446. The van der Waals surface area contributed by atoms with Gasteiger partial charge in [0.25, 0.3) is 0 Å². The van der Waals surface area contributed by atoms with Gasteiger partial charge in [-0.25, -0.2) is 4.39 Å². The highest BCUT2D eigenvalue weighted by Crippen LogP contribution is 2.30. The summed E-state index contributed by atoms with van der Waals surface area (Å²) in [7, 11) is 1.63. The van der Waals surface area contributed by atoms with Crippen molar-refractivity contribution in [1.29, 1.82) is 0 Å². The summed E-state index contributed by atoms with van der Waals surface area (Å²) in [4.78, 5) is 13.9. The van der Waals surface area contributed by atoms with Crippen LogP contribution >= 0.6 is 0 Å². The lowest BCUT2D eigenvalue weighted by Crippen LogP contribution is -2.24. The number of alkyl halides is 2. The Morgan fingerprint density at radius 3 is 2.43 bits per heavy atom. The molecular formula is C21H22F3NO3. The number of ether oxygens (including phenoxy) is 2. The zero-order chi connectivity index (χ0) is 20.7. The molecule has 0 N–H and O–H groups in total. The van der Waals surface area contributed by atoms with Crippen LogP contribution in [0, 0.1) is 5.82 Å². The molecule has 2 aromatic carbocycles. The Morgan fingerprint density at radius 1 is 1.14 bits per heavy atom. The second-order valence-electron chi connectivity index (χ2n) is 6.12.